The summed E-state index contributed by atoms with van der Waals surface area (Å²) in [5.74, 6) is -3.06. The Morgan fingerprint density at radius 1 is 1.05 bits per heavy atom. The quantitative estimate of drug-likeness (QED) is 0.164. The van der Waals surface area contributed by atoms with Gasteiger partial charge in [0.25, 0.3) is 0 Å². The summed E-state index contributed by atoms with van der Waals surface area (Å²) in [6, 6.07) is 0. The number of carbonyl (C=O) groups is 1. The SMILES string of the molecule is CC[C@H](/C=C(/C)C1C[C@@H](OC)CC(O)C(C)(C)C2(O)OC(C[C@@H](OC)C2O)C[C@@H](OC)[C@H](OCOC)C(=O)O1)CO. The highest BCUT2D eigenvalue weighted by Crippen LogP contribution is 2.46. The van der Waals surface area contributed by atoms with Crippen molar-refractivity contribution in [1.29, 1.82) is 0 Å². The number of ether oxygens (including phenoxy) is 7. The van der Waals surface area contributed by atoms with Crippen LogP contribution in [0.15, 0.2) is 11.6 Å². The summed E-state index contributed by atoms with van der Waals surface area (Å²) >= 11 is 0. The van der Waals surface area contributed by atoms with Crippen molar-refractivity contribution in [3.05, 3.63) is 11.6 Å². The summed E-state index contributed by atoms with van der Waals surface area (Å²) < 4.78 is 39.9. The van der Waals surface area contributed by atoms with Crippen molar-refractivity contribution in [3.8, 4) is 0 Å². The van der Waals surface area contributed by atoms with Gasteiger partial charge in [-0.2, -0.15) is 0 Å². The van der Waals surface area contributed by atoms with Crippen molar-refractivity contribution < 1.29 is 58.4 Å². The largest absolute Gasteiger partial charge is 0.456 e. The van der Waals surface area contributed by atoms with Crippen molar-refractivity contribution in [2.24, 2.45) is 11.3 Å². The molecule has 2 fully saturated rings. The van der Waals surface area contributed by atoms with E-state index in [1.165, 1.54) is 28.4 Å². The van der Waals surface area contributed by atoms with E-state index in [4.69, 9.17) is 33.2 Å². The van der Waals surface area contributed by atoms with E-state index in [1.54, 1.807) is 13.8 Å². The second-order valence-electron chi connectivity index (χ2n) is 11.6. The van der Waals surface area contributed by atoms with Gasteiger partial charge in [0.15, 0.2) is 6.10 Å². The minimum atomic E-state index is -2.22. The number of esters is 1. The zero-order valence-corrected chi connectivity index (χ0v) is 25.8. The molecule has 10 atom stereocenters. The number of hydrogen-bond acceptors (Lipinski definition) is 12. The van der Waals surface area contributed by atoms with Crippen molar-refractivity contribution >= 4 is 5.97 Å². The molecule has 5 unspecified atom stereocenters. The first-order chi connectivity index (χ1) is 19.3. The molecule has 0 aliphatic carbocycles. The third-order valence-corrected chi connectivity index (χ3v) is 8.71. The molecule has 2 rings (SSSR count). The second-order valence-corrected chi connectivity index (χ2v) is 11.6. The maximum absolute atomic E-state index is 13.7. The fourth-order valence-electron chi connectivity index (χ4n) is 5.61. The molecule has 2 aliphatic heterocycles. The first kappa shape index (κ1) is 36.0. The van der Waals surface area contributed by atoms with Crippen LogP contribution in [0.5, 0.6) is 0 Å². The molecule has 2 aliphatic rings. The van der Waals surface area contributed by atoms with Gasteiger partial charge in [0.05, 0.1) is 30.5 Å². The Bertz CT molecular complexity index is 831. The summed E-state index contributed by atoms with van der Waals surface area (Å²) in [5, 5.41) is 44.3. The van der Waals surface area contributed by atoms with E-state index in [2.05, 4.69) is 0 Å². The highest BCUT2D eigenvalue weighted by Gasteiger charge is 2.60. The van der Waals surface area contributed by atoms with Gasteiger partial charge >= 0.3 is 5.97 Å². The minimum Gasteiger partial charge on any atom is -0.456 e. The van der Waals surface area contributed by atoms with Crippen LogP contribution in [0.2, 0.25) is 0 Å². The Hall–Kier alpha value is -1.19. The monoisotopic (exact) mass is 592 g/mol. The third kappa shape index (κ3) is 8.47. The number of hydrogen-bond donors (Lipinski definition) is 4. The van der Waals surface area contributed by atoms with Gasteiger partial charge < -0.3 is 53.6 Å². The Morgan fingerprint density at radius 3 is 2.22 bits per heavy atom. The lowest BCUT2D eigenvalue weighted by molar-refractivity contribution is -0.379. The van der Waals surface area contributed by atoms with E-state index in [9.17, 15) is 25.2 Å². The molecule has 0 amide bonds. The van der Waals surface area contributed by atoms with Gasteiger partial charge in [-0.25, -0.2) is 4.79 Å². The zero-order chi connectivity index (χ0) is 31.0. The van der Waals surface area contributed by atoms with Gasteiger partial charge in [-0.15, -0.1) is 0 Å². The normalized spacial score (nSPS) is 38.1. The Kier molecular flexibility index (Phi) is 14.1. The van der Waals surface area contributed by atoms with Gasteiger partial charge in [0.2, 0.25) is 5.79 Å². The predicted octanol–water partition coefficient (Wildman–Crippen LogP) is 1.31. The zero-order valence-electron chi connectivity index (χ0n) is 25.8. The average Bonchev–Trinajstić information content (AvgIpc) is 2.95. The third-order valence-electron chi connectivity index (χ3n) is 8.71. The lowest BCUT2D eigenvalue weighted by Crippen LogP contribution is -2.68. The van der Waals surface area contributed by atoms with Gasteiger partial charge in [-0.05, 0) is 18.9 Å². The van der Waals surface area contributed by atoms with Crippen molar-refractivity contribution in [3.63, 3.8) is 0 Å². The molecule has 2 heterocycles. The first-order valence-corrected chi connectivity index (χ1v) is 14.3. The van der Waals surface area contributed by atoms with Crippen LogP contribution >= 0.6 is 0 Å². The molecule has 2 saturated heterocycles. The van der Waals surface area contributed by atoms with Crippen molar-refractivity contribution in [2.75, 3.05) is 41.8 Å². The van der Waals surface area contributed by atoms with Crippen LogP contribution in [-0.4, -0.2) is 123 Å². The van der Waals surface area contributed by atoms with Crippen molar-refractivity contribution in [2.45, 2.75) is 114 Å². The molecule has 0 aromatic rings. The number of aliphatic hydroxyl groups is 4. The van der Waals surface area contributed by atoms with E-state index >= 15 is 0 Å². The van der Waals surface area contributed by atoms with E-state index < -0.39 is 66.0 Å². The van der Waals surface area contributed by atoms with Crippen LogP contribution in [0.1, 0.15) is 59.8 Å². The smallest absolute Gasteiger partial charge is 0.338 e. The molecule has 0 aromatic carbocycles. The molecule has 41 heavy (non-hydrogen) atoms. The number of aliphatic hydroxyl groups excluding tert-OH is 3. The molecule has 0 spiro atoms. The lowest BCUT2D eigenvalue weighted by atomic mass is 9.70. The molecule has 0 radical (unpaired) electrons. The summed E-state index contributed by atoms with van der Waals surface area (Å²) in [6.45, 7) is 6.71. The fourth-order valence-corrected chi connectivity index (χ4v) is 5.61. The van der Waals surface area contributed by atoms with E-state index in [1.807, 2.05) is 19.9 Å². The van der Waals surface area contributed by atoms with Crippen LogP contribution in [0.3, 0.4) is 0 Å². The summed E-state index contributed by atoms with van der Waals surface area (Å²) in [6.07, 6.45) is -4.76. The second kappa shape index (κ2) is 16.0. The van der Waals surface area contributed by atoms with Crippen LogP contribution in [0.4, 0.5) is 0 Å². The molecule has 240 valence electrons. The molecule has 4 N–H and O–H groups in total. The molecular weight excluding hydrogens is 540 g/mol. The van der Waals surface area contributed by atoms with Gasteiger partial charge in [-0.1, -0.05) is 26.8 Å². The minimum absolute atomic E-state index is 0.0348. The van der Waals surface area contributed by atoms with E-state index in [0.717, 1.165) is 0 Å². The molecule has 0 saturated carbocycles. The van der Waals surface area contributed by atoms with Crippen LogP contribution < -0.4 is 0 Å². The maximum atomic E-state index is 13.7. The first-order valence-electron chi connectivity index (χ1n) is 14.3. The number of cyclic esters (lactones) is 1. The molecule has 12 heteroatoms. The van der Waals surface area contributed by atoms with Gasteiger partial charge in [0, 0.05) is 72.1 Å². The van der Waals surface area contributed by atoms with Gasteiger partial charge in [0.1, 0.15) is 19.0 Å². The molecule has 2 bridgehead atoms. The summed E-state index contributed by atoms with van der Waals surface area (Å²) in [5.41, 5.74) is -0.683. The Morgan fingerprint density at radius 2 is 1.68 bits per heavy atom. The van der Waals surface area contributed by atoms with E-state index in [0.29, 0.717) is 12.0 Å². The average molecular weight is 593 g/mol. The van der Waals surface area contributed by atoms with Crippen LogP contribution in [-0.2, 0) is 38.0 Å². The number of fused-ring (bicyclic) bond motifs is 2. The molecule has 0 aromatic heterocycles. The number of rotatable bonds is 10. The summed E-state index contributed by atoms with van der Waals surface area (Å²) in [4.78, 5) is 13.7. The summed E-state index contributed by atoms with van der Waals surface area (Å²) in [7, 11) is 5.76. The number of methoxy groups -OCH3 is 4. The highest BCUT2D eigenvalue weighted by atomic mass is 16.7. The Balaban J connectivity index is 2.64. The van der Waals surface area contributed by atoms with E-state index in [-0.39, 0.29) is 45.0 Å². The lowest BCUT2D eigenvalue weighted by Gasteiger charge is -2.54. The van der Waals surface area contributed by atoms with Crippen LogP contribution in [0, 0.1) is 11.3 Å². The maximum Gasteiger partial charge on any atom is 0.338 e. The van der Waals surface area contributed by atoms with Gasteiger partial charge in [-0.3, -0.25) is 0 Å². The van der Waals surface area contributed by atoms with Crippen LogP contribution in [0.25, 0.3) is 0 Å². The van der Waals surface area contributed by atoms with Crippen molar-refractivity contribution in [1.82, 2.24) is 0 Å². The topological polar surface area (TPSA) is 163 Å². The molecule has 12 nitrogen and oxygen atoms in total. The Labute approximate surface area is 243 Å². The highest BCUT2D eigenvalue weighted by molar-refractivity contribution is 5.76. The standard InChI is InChI=1S/C29H52O12/c1-9-18(15-30)10-17(2)21-11-19(36-6)14-24(31)28(3,4)29(34)26(32)23(38-8)13-20(41-29)12-22(37-7)25(27(33)40-21)39-16-35-5/h10,18-26,30-32,34H,9,11-16H2,1-8H3/b17-10-/t18-,19-,20?,21?,22-,23-,24?,25+,26?,29?/m1/s1. The fraction of sp³-hybridized carbons (Fsp3) is 0.897. The molecular formula is C29H52O12. The number of carbonyl (C=O) groups excluding carboxylic acids is 1. The predicted molar refractivity (Wildman–Crippen MR) is 148 cm³/mol.